The normalized spacial score (nSPS) is 11.2. The Hall–Kier alpha value is -2.85. The molecule has 0 saturated carbocycles. The Balaban J connectivity index is 1.99. The maximum atomic E-state index is 12.6. The summed E-state index contributed by atoms with van der Waals surface area (Å²) in [4.78, 5) is 12.6. The number of carbonyl (C=O) groups is 1. The molecule has 1 aromatic heterocycles. The van der Waals surface area contributed by atoms with Crippen molar-refractivity contribution < 1.29 is 9.53 Å². The maximum absolute atomic E-state index is 12.6. The maximum Gasteiger partial charge on any atom is 0.255 e. The van der Waals surface area contributed by atoms with Crippen molar-refractivity contribution in [1.29, 1.82) is 0 Å². The second-order valence-corrected chi connectivity index (χ2v) is 5.53. The van der Waals surface area contributed by atoms with E-state index in [9.17, 15) is 4.79 Å². The standard InChI is InChI=1S/C20H20N2O2/c1-24-17-8-9-19-18(13-17)16(11-12-21)14-22(19)20(23)10-7-15-5-3-2-4-6-15/h2-10,13-14H,11-12,21H2,1H3. The summed E-state index contributed by atoms with van der Waals surface area (Å²) in [7, 11) is 1.63. The second-order valence-electron chi connectivity index (χ2n) is 5.53. The average molecular weight is 320 g/mol. The van der Waals surface area contributed by atoms with Gasteiger partial charge >= 0.3 is 0 Å². The predicted molar refractivity (Wildman–Crippen MR) is 97.4 cm³/mol. The SMILES string of the molecule is COc1ccc2c(c1)c(CCN)cn2C(=O)C=Cc1ccccc1. The molecule has 0 aliphatic carbocycles. The molecule has 24 heavy (non-hydrogen) atoms. The smallest absolute Gasteiger partial charge is 0.255 e. The number of ether oxygens (including phenoxy) is 1. The van der Waals surface area contributed by atoms with Gasteiger partial charge in [0, 0.05) is 17.7 Å². The number of hydrogen-bond donors (Lipinski definition) is 1. The molecule has 2 aromatic carbocycles. The number of fused-ring (bicyclic) bond motifs is 1. The van der Waals surface area contributed by atoms with Crippen LogP contribution in [0.3, 0.4) is 0 Å². The van der Waals surface area contributed by atoms with Crippen LogP contribution in [-0.2, 0) is 6.42 Å². The Morgan fingerprint density at radius 2 is 2.00 bits per heavy atom. The fraction of sp³-hybridized carbons (Fsp3) is 0.150. The van der Waals surface area contributed by atoms with Crippen molar-refractivity contribution in [3.63, 3.8) is 0 Å². The highest BCUT2D eigenvalue weighted by molar-refractivity contribution is 6.01. The Morgan fingerprint density at radius 3 is 2.71 bits per heavy atom. The van der Waals surface area contributed by atoms with E-state index in [1.54, 1.807) is 17.8 Å². The van der Waals surface area contributed by atoms with E-state index in [1.165, 1.54) is 0 Å². The summed E-state index contributed by atoms with van der Waals surface area (Å²) in [5.41, 5.74) is 8.61. The lowest BCUT2D eigenvalue weighted by Gasteiger charge is -2.03. The molecule has 0 atom stereocenters. The molecule has 2 N–H and O–H groups in total. The Kier molecular flexibility index (Phi) is 4.77. The molecule has 3 rings (SSSR count). The number of aromatic nitrogens is 1. The number of methoxy groups -OCH3 is 1. The Morgan fingerprint density at radius 1 is 1.21 bits per heavy atom. The van der Waals surface area contributed by atoms with Crippen LogP contribution in [0.15, 0.2) is 60.8 Å². The highest BCUT2D eigenvalue weighted by Gasteiger charge is 2.12. The molecular formula is C20H20N2O2. The van der Waals surface area contributed by atoms with Gasteiger partial charge < -0.3 is 10.5 Å². The minimum absolute atomic E-state index is 0.0858. The molecule has 0 aliphatic rings. The van der Waals surface area contributed by atoms with E-state index >= 15 is 0 Å². The van der Waals surface area contributed by atoms with Gasteiger partial charge in [-0.3, -0.25) is 9.36 Å². The van der Waals surface area contributed by atoms with E-state index in [-0.39, 0.29) is 5.91 Å². The molecule has 0 radical (unpaired) electrons. The van der Waals surface area contributed by atoms with Crippen LogP contribution in [0.5, 0.6) is 5.75 Å². The first kappa shape index (κ1) is 16.0. The molecule has 0 amide bonds. The van der Waals surface area contributed by atoms with Crippen molar-refractivity contribution in [2.75, 3.05) is 13.7 Å². The molecule has 1 heterocycles. The zero-order chi connectivity index (χ0) is 16.9. The van der Waals surface area contributed by atoms with Crippen LogP contribution in [0.2, 0.25) is 0 Å². The van der Waals surface area contributed by atoms with Crippen LogP contribution in [0.1, 0.15) is 15.9 Å². The third-order valence-corrected chi connectivity index (χ3v) is 3.96. The zero-order valence-electron chi connectivity index (χ0n) is 13.6. The summed E-state index contributed by atoms with van der Waals surface area (Å²) in [6.07, 6.45) is 5.99. The first-order valence-corrected chi connectivity index (χ1v) is 7.88. The number of hydrogen-bond acceptors (Lipinski definition) is 3. The van der Waals surface area contributed by atoms with Crippen LogP contribution < -0.4 is 10.5 Å². The van der Waals surface area contributed by atoms with Gasteiger partial charge in [0.05, 0.1) is 12.6 Å². The number of rotatable bonds is 5. The molecule has 0 spiro atoms. The molecule has 4 heteroatoms. The lowest BCUT2D eigenvalue weighted by molar-refractivity contribution is 0.0974. The molecule has 0 unspecified atom stereocenters. The van der Waals surface area contributed by atoms with Crippen molar-refractivity contribution in [3.05, 3.63) is 71.9 Å². The monoisotopic (exact) mass is 320 g/mol. The number of nitrogens with zero attached hydrogens (tertiary/aromatic N) is 1. The van der Waals surface area contributed by atoms with E-state index < -0.39 is 0 Å². The fourth-order valence-electron chi connectivity index (χ4n) is 2.75. The van der Waals surface area contributed by atoms with E-state index in [1.807, 2.05) is 60.8 Å². The van der Waals surface area contributed by atoms with Crippen LogP contribution in [0, 0.1) is 0 Å². The molecule has 122 valence electrons. The lowest BCUT2D eigenvalue weighted by atomic mass is 10.1. The first-order valence-electron chi connectivity index (χ1n) is 7.88. The average Bonchev–Trinajstić information content (AvgIpc) is 2.99. The molecule has 4 nitrogen and oxygen atoms in total. The summed E-state index contributed by atoms with van der Waals surface area (Å²) < 4.78 is 6.96. The summed E-state index contributed by atoms with van der Waals surface area (Å²) in [5, 5.41) is 1.00. The van der Waals surface area contributed by atoms with Crippen LogP contribution in [0.4, 0.5) is 0 Å². The molecule has 0 fully saturated rings. The van der Waals surface area contributed by atoms with Crippen molar-refractivity contribution in [3.8, 4) is 5.75 Å². The van der Waals surface area contributed by atoms with Gasteiger partial charge in [-0.15, -0.1) is 0 Å². The number of allylic oxidation sites excluding steroid dienone is 1. The number of nitrogens with two attached hydrogens (primary N) is 1. The molecule has 3 aromatic rings. The van der Waals surface area contributed by atoms with E-state index in [0.717, 1.165) is 27.8 Å². The zero-order valence-corrected chi connectivity index (χ0v) is 13.6. The van der Waals surface area contributed by atoms with Gasteiger partial charge in [0.1, 0.15) is 5.75 Å². The highest BCUT2D eigenvalue weighted by Crippen LogP contribution is 2.26. The van der Waals surface area contributed by atoms with Gasteiger partial charge in [-0.2, -0.15) is 0 Å². The third-order valence-electron chi connectivity index (χ3n) is 3.96. The van der Waals surface area contributed by atoms with Crippen molar-refractivity contribution in [2.45, 2.75) is 6.42 Å². The second kappa shape index (κ2) is 7.15. The van der Waals surface area contributed by atoms with E-state index in [0.29, 0.717) is 13.0 Å². The fourth-order valence-corrected chi connectivity index (χ4v) is 2.75. The van der Waals surface area contributed by atoms with Crippen LogP contribution >= 0.6 is 0 Å². The molecule has 0 aliphatic heterocycles. The van der Waals surface area contributed by atoms with Gasteiger partial charge in [0.15, 0.2) is 0 Å². The minimum atomic E-state index is -0.0858. The van der Waals surface area contributed by atoms with Crippen molar-refractivity contribution in [1.82, 2.24) is 4.57 Å². The van der Waals surface area contributed by atoms with Crippen LogP contribution in [0.25, 0.3) is 17.0 Å². The molecule has 0 saturated heterocycles. The van der Waals surface area contributed by atoms with Gasteiger partial charge in [-0.05, 0) is 48.4 Å². The van der Waals surface area contributed by atoms with Crippen molar-refractivity contribution >= 4 is 22.9 Å². The summed E-state index contributed by atoms with van der Waals surface area (Å²) in [5.74, 6) is 0.683. The predicted octanol–water partition coefficient (Wildman–Crippen LogP) is 3.50. The third kappa shape index (κ3) is 3.24. The minimum Gasteiger partial charge on any atom is -0.497 e. The van der Waals surface area contributed by atoms with Gasteiger partial charge in [0.25, 0.3) is 5.91 Å². The first-order chi connectivity index (χ1) is 11.7. The van der Waals surface area contributed by atoms with E-state index in [4.69, 9.17) is 10.5 Å². The quantitative estimate of drug-likeness (QED) is 0.732. The highest BCUT2D eigenvalue weighted by atomic mass is 16.5. The molecule has 0 bridgehead atoms. The van der Waals surface area contributed by atoms with E-state index in [2.05, 4.69) is 0 Å². The van der Waals surface area contributed by atoms with Crippen molar-refractivity contribution in [2.24, 2.45) is 5.73 Å². The van der Waals surface area contributed by atoms with Gasteiger partial charge in [0.2, 0.25) is 0 Å². The van der Waals surface area contributed by atoms with Gasteiger partial charge in [-0.25, -0.2) is 0 Å². The van der Waals surface area contributed by atoms with Gasteiger partial charge in [-0.1, -0.05) is 30.3 Å². The lowest BCUT2D eigenvalue weighted by Crippen LogP contribution is -2.06. The topological polar surface area (TPSA) is 57.2 Å². The molecular weight excluding hydrogens is 300 g/mol. The number of benzene rings is 2. The summed E-state index contributed by atoms with van der Waals surface area (Å²) >= 11 is 0. The Labute approximate surface area is 141 Å². The van der Waals surface area contributed by atoms with Crippen LogP contribution in [-0.4, -0.2) is 24.1 Å². The summed E-state index contributed by atoms with van der Waals surface area (Å²) in [6, 6.07) is 15.5. The Bertz CT molecular complexity index is 879. The largest absolute Gasteiger partial charge is 0.497 e. The summed E-state index contributed by atoms with van der Waals surface area (Å²) in [6.45, 7) is 0.532. The number of carbonyl (C=O) groups excluding carboxylic acids is 1.